The average molecular weight is 314 g/mol. The zero-order valence-corrected chi connectivity index (χ0v) is 13.1. The summed E-state index contributed by atoms with van der Waals surface area (Å²) in [7, 11) is 0. The van der Waals surface area contributed by atoms with Gasteiger partial charge in [-0.05, 0) is 30.5 Å². The van der Waals surface area contributed by atoms with E-state index in [1.165, 1.54) is 5.56 Å². The minimum absolute atomic E-state index is 0.265. The molecule has 0 radical (unpaired) electrons. The van der Waals surface area contributed by atoms with Crippen LogP contribution in [0.15, 0.2) is 48.5 Å². The fourth-order valence-corrected chi connectivity index (χ4v) is 2.95. The third kappa shape index (κ3) is 3.45. The molecule has 0 N–H and O–H groups in total. The molecule has 0 heterocycles. The molecule has 0 amide bonds. The first kappa shape index (κ1) is 14.7. The van der Waals surface area contributed by atoms with E-state index in [0.717, 1.165) is 16.7 Å². The molecule has 0 nitrogen and oxygen atoms in total. The van der Waals surface area contributed by atoms with Crippen LogP contribution in [-0.4, -0.2) is 3.79 Å². The number of halogens is 3. The highest BCUT2D eigenvalue weighted by Gasteiger charge is 2.35. The van der Waals surface area contributed by atoms with Crippen LogP contribution < -0.4 is 0 Å². The zero-order chi connectivity index (χ0) is 14.0. The van der Waals surface area contributed by atoms with Gasteiger partial charge in [0.2, 0.25) is 3.79 Å². The van der Waals surface area contributed by atoms with Gasteiger partial charge in [-0.1, -0.05) is 88.9 Å². The van der Waals surface area contributed by atoms with Gasteiger partial charge in [0.25, 0.3) is 0 Å². The number of aryl methyl sites for hydroxylation is 2. The van der Waals surface area contributed by atoms with Gasteiger partial charge in [-0.2, -0.15) is 0 Å². The molecule has 0 saturated carbocycles. The van der Waals surface area contributed by atoms with E-state index < -0.39 is 3.79 Å². The van der Waals surface area contributed by atoms with Crippen molar-refractivity contribution in [3.8, 4) is 0 Å². The highest BCUT2D eigenvalue weighted by Crippen LogP contribution is 2.46. The first-order valence-electron chi connectivity index (χ1n) is 6.08. The molecule has 0 aromatic heterocycles. The zero-order valence-electron chi connectivity index (χ0n) is 10.8. The van der Waals surface area contributed by atoms with Crippen molar-refractivity contribution in [2.24, 2.45) is 0 Å². The summed E-state index contributed by atoms with van der Waals surface area (Å²) in [5.41, 5.74) is 4.38. The van der Waals surface area contributed by atoms with Crippen LogP contribution in [0.25, 0.3) is 0 Å². The Labute approximate surface area is 129 Å². The maximum absolute atomic E-state index is 6.21. The van der Waals surface area contributed by atoms with E-state index in [2.05, 4.69) is 0 Å². The normalized spacial score (nSPS) is 13.3. The molecular formula is C16H15Cl3. The minimum atomic E-state index is -1.37. The van der Waals surface area contributed by atoms with Gasteiger partial charge in [-0.25, -0.2) is 0 Å². The van der Waals surface area contributed by atoms with E-state index in [9.17, 15) is 0 Å². The second-order valence-corrected chi connectivity index (χ2v) is 7.11. The molecule has 19 heavy (non-hydrogen) atoms. The highest BCUT2D eigenvalue weighted by atomic mass is 35.6. The predicted octanol–water partition coefficient (Wildman–Crippen LogP) is 5.81. The van der Waals surface area contributed by atoms with Crippen LogP contribution in [0.4, 0.5) is 0 Å². The Hall–Kier alpha value is -0.690. The Bertz CT molecular complexity index is 553. The lowest BCUT2D eigenvalue weighted by atomic mass is 9.89. The summed E-state index contributed by atoms with van der Waals surface area (Å²) in [6.45, 7) is 4.08. The Morgan fingerprint density at radius 3 is 1.95 bits per heavy atom. The van der Waals surface area contributed by atoms with Gasteiger partial charge in [0.05, 0.1) is 5.92 Å². The largest absolute Gasteiger partial charge is 0.201 e. The first-order chi connectivity index (χ1) is 8.89. The molecule has 0 fully saturated rings. The number of alkyl halides is 3. The number of benzene rings is 2. The summed E-state index contributed by atoms with van der Waals surface area (Å²) < 4.78 is -1.37. The molecule has 2 aromatic carbocycles. The summed E-state index contributed by atoms with van der Waals surface area (Å²) in [5.74, 6) is -0.265. The third-order valence-electron chi connectivity index (χ3n) is 3.24. The lowest BCUT2D eigenvalue weighted by Crippen LogP contribution is -2.19. The van der Waals surface area contributed by atoms with E-state index in [1.54, 1.807) is 0 Å². The molecule has 0 aliphatic carbocycles. The van der Waals surface area contributed by atoms with Gasteiger partial charge < -0.3 is 0 Å². The van der Waals surface area contributed by atoms with E-state index in [-0.39, 0.29) is 5.92 Å². The highest BCUT2D eigenvalue weighted by molar-refractivity contribution is 6.68. The van der Waals surface area contributed by atoms with E-state index in [0.29, 0.717) is 0 Å². The lowest BCUT2D eigenvalue weighted by molar-refractivity contribution is 0.830. The van der Waals surface area contributed by atoms with Crippen molar-refractivity contribution >= 4 is 34.8 Å². The van der Waals surface area contributed by atoms with Crippen LogP contribution >= 0.6 is 34.8 Å². The molecule has 0 aliphatic rings. The Kier molecular flexibility index (Phi) is 4.45. The minimum Gasteiger partial charge on any atom is -0.0826 e. The Balaban J connectivity index is 2.55. The quantitative estimate of drug-likeness (QED) is 0.614. The smallest absolute Gasteiger partial charge is 0.0826 e. The summed E-state index contributed by atoms with van der Waals surface area (Å²) in [5, 5.41) is 0. The monoisotopic (exact) mass is 312 g/mol. The van der Waals surface area contributed by atoms with Crippen molar-refractivity contribution in [3.63, 3.8) is 0 Å². The van der Waals surface area contributed by atoms with Gasteiger partial charge in [0.1, 0.15) is 0 Å². The van der Waals surface area contributed by atoms with Gasteiger partial charge in [0.15, 0.2) is 0 Å². The molecule has 3 heteroatoms. The van der Waals surface area contributed by atoms with Crippen molar-refractivity contribution in [3.05, 3.63) is 70.8 Å². The van der Waals surface area contributed by atoms with Crippen molar-refractivity contribution in [2.45, 2.75) is 23.6 Å². The van der Waals surface area contributed by atoms with Crippen molar-refractivity contribution in [1.29, 1.82) is 0 Å². The molecule has 1 atom stereocenters. The summed E-state index contributed by atoms with van der Waals surface area (Å²) in [6.07, 6.45) is 0. The Morgan fingerprint density at radius 1 is 0.842 bits per heavy atom. The fraction of sp³-hybridized carbons (Fsp3) is 0.250. The summed E-state index contributed by atoms with van der Waals surface area (Å²) >= 11 is 18.6. The van der Waals surface area contributed by atoms with Gasteiger partial charge in [0, 0.05) is 0 Å². The van der Waals surface area contributed by atoms with E-state index >= 15 is 0 Å². The second-order valence-electron chi connectivity index (χ2n) is 4.74. The maximum atomic E-state index is 6.21. The third-order valence-corrected chi connectivity index (χ3v) is 3.89. The van der Waals surface area contributed by atoms with Gasteiger partial charge in [-0.3, -0.25) is 0 Å². The standard InChI is InChI=1S/C16H15Cl3/c1-11-7-9-13(10-8-11)15(16(17,18)19)14-6-4-3-5-12(14)2/h3-10,15H,1-2H3/t15-/m0/s1. The number of hydrogen-bond donors (Lipinski definition) is 0. The first-order valence-corrected chi connectivity index (χ1v) is 7.22. The van der Waals surface area contributed by atoms with E-state index in [4.69, 9.17) is 34.8 Å². The van der Waals surface area contributed by atoms with Crippen LogP contribution in [0.1, 0.15) is 28.2 Å². The average Bonchev–Trinajstić information content (AvgIpc) is 2.33. The molecule has 0 saturated heterocycles. The van der Waals surface area contributed by atoms with Crippen LogP contribution in [0, 0.1) is 13.8 Å². The summed E-state index contributed by atoms with van der Waals surface area (Å²) in [6, 6.07) is 16.1. The Morgan fingerprint density at radius 2 is 1.42 bits per heavy atom. The molecule has 0 unspecified atom stereocenters. The van der Waals surface area contributed by atoms with Crippen LogP contribution in [0.5, 0.6) is 0 Å². The van der Waals surface area contributed by atoms with E-state index in [1.807, 2.05) is 62.4 Å². The molecular weight excluding hydrogens is 299 g/mol. The van der Waals surface area contributed by atoms with Crippen molar-refractivity contribution < 1.29 is 0 Å². The van der Waals surface area contributed by atoms with Crippen molar-refractivity contribution in [2.75, 3.05) is 0 Å². The lowest BCUT2D eigenvalue weighted by Gasteiger charge is -2.27. The fourth-order valence-electron chi connectivity index (χ4n) is 2.21. The van der Waals surface area contributed by atoms with Crippen molar-refractivity contribution in [1.82, 2.24) is 0 Å². The predicted molar refractivity (Wildman–Crippen MR) is 84.5 cm³/mol. The SMILES string of the molecule is Cc1ccc([C@@H](c2ccccc2C)C(Cl)(Cl)Cl)cc1. The van der Waals surface area contributed by atoms with Crippen LogP contribution in [-0.2, 0) is 0 Å². The maximum Gasteiger partial charge on any atom is 0.201 e. The molecule has 0 aliphatic heterocycles. The molecule has 2 aromatic rings. The van der Waals surface area contributed by atoms with Crippen LogP contribution in [0.3, 0.4) is 0 Å². The molecule has 0 spiro atoms. The second kappa shape index (κ2) is 5.75. The molecule has 2 rings (SSSR count). The van der Waals surface area contributed by atoms with Gasteiger partial charge in [-0.15, -0.1) is 0 Å². The molecule has 100 valence electrons. The summed E-state index contributed by atoms with van der Waals surface area (Å²) in [4.78, 5) is 0. The topological polar surface area (TPSA) is 0 Å². The number of rotatable bonds is 2. The number of hydrogen-bond acceptors (Lipinski definition) is 0. The molecule has 0 bridgehead atoms. The van der Waals surface area contributed by atoms with Gasteiger partial charge >= 0.3 is 0 Å². The van der Waals surface area contributed by atoms with Crippen LogP contribution in [0.2, 0.25) is 0 Å².